The normalized spacial score (nSPS) is 10.3. The van der Waals surface area contributed by atoms with Gasteiger partial charge in [-0.2, -0.15) is 0 Å². The van der Waals surface area contributed by atoms with E-state index in [0.717, 1.165) is 27.7 Å². The Kier molecular flexibility index (Phi) is 3.64. The number of rotatable bonds is 3. The molecule has 1 aromatic carbocycles. The highest BCUT2D eigenvalue weighted by Crippen LogP contribution is 2.23. The van der Waals surface area contributed by atoms with Gasteiger partial charge in [0.15, 0.2) is 0 Å². The molecule has 17 heavy (non-hydrogen) atoms. The highest BCUT2D eigenvalue weighted by atomic mass is 35.5. The minimum Gasteiger partial charge on any atom is -0.378 e. The molecule has 2 rings (SSSR count). The van der Waals surface area contributed by atoms with E-state index in [1.54, 1.807) is 0 Å². The van der Waals surface area contributed by atoms with Gasteiger partial charge in [-0.3, -0.25) is 4.98 Å². The zero-order chi connectivity index (χ0) is 12.3. The summed E-state index contributed by atoms with van der Waals surface area (Å²) >= 11 is 6.14. The van der Waals surface area contributed by atoms with Crippen molar-refractivity contribution >= 4 is 17.3 Å². The molecule has 1 heterocycles. The van der Waals surface area contributed by atoms with Crippen LogP contribution in [0.1, 0.15) is 17.0 Å². The second kappa shape index (κ2) is 5.19. The van der Waals surface area contributed by atoms with E-state index in [9.17, 15) is 0 Å². The smallest absolute Gasteiger partial charge is 0.0640 e. The van der Waals surface area contributed by atoms with Gasteiger partial charge in [0, 0.05) is 5.69 Å². The van der Waals surface area contributed by atoms with Crippen molar-refractivity contribution in [1.29, 1.82) is 0 Å². The van der Waals surface area contributed by atoms with E-state index in [4.69, 9.17) is 11.6 Å². The lowest BCUT2D eigenvalue weighted by Gasteiger charge is -2.09. The second-order valence-corrected chi connectivity index (χ2v) is 4.51. The van der Waals surface area contributed by atoms with E-state index in [0.29, 0.717) is 6.54 Å². The number of nitrogens with zero attached hydrogens (tertiary/aromatic N) is 1. The van der Waals surface area contributed by atoms with Gasteiger partial charge in [-0.05, 0) is 43.7 Å². The SMILES string of the molecule is Cc1ccc(NCc2cccc(C)n2)c(Cl)c1. The quantitative estimate of drug-likeness (QED) is 0.887. The zero-order valence-electron chi connectivity index (χ0n) is 10.00. The Morgan fingerprint density at radius 2 is 2.00 bits per heavy atom. The van der Waals surface area contributed by atoms with Crippen LogP contribution in [-0.4, -0.2) is 4.98 Å². The number of hydrogen-bond donors (Lipinski definition) is 1. The molecule has 0 saturated carbocycles. The largest absolute Gasteiger partial charge is 0.378 e. The van der Waals surface area contributed by atoms with Gasteiger partial charge in [-0.1, -0.05) is 23.7 Å². The summed E-state index contributed by atoms with van der Waals surface area (Å²) in [5.41, 5.74) is 4.15. The van der Waals surface area contributed by atoms with Crippen LogP contribution in [0, 0.1) is 13.8 Å². The standard InChI is InChI=1S/C14H15ClN2/c1-10-6-7-14(13(15)8-10)16-9-12-5-3-4-11(2)17-12/h3-8,16H,9H2,1-2H3. The number of aryl methyl sites for hydroxylation is 2. The molecule has 0 saturated heterocycles. The summed E-state index contributed by atoms with van der Waals surface area (Å²) in [7, 11) is 0. The molecule has 1 aromatic heterocycles. The lowest BCUT2D eigenvalue weighted by Crippen LogP contribution is -2.02. The molecule has 0 aliphatic carbocycles. The number of halogens is 1. The van der Waals surface area contributed by atoms with Crippen molar-refractivity contribution in [2.45, 2.75) is 20.4 Å². The Bertz CT molecular complexity index is 523. The van der Waals surface area contributed by atoms with Crippen LogP contribution in [0.2, 0.25) is 5.02 Å². The van der Waals surface area contributed by atoms with Crippen molar-refractivity contribution in [3.63, 3.8) is 0 Å². The molecule has 0 unspecified atom stereocenters. The maximum absolute atomic E-state index is 6.14. The van der Waals surface area contributed by atoms with Crippen LogP contribution in [-0.2, 0) is 6.54 Å². The van der Waals surface area contributed by atoms with E-state index in [1.807, 2.05) is 50.2 Å². The van der Waals surface area contributed by atoms with Crippen molar-refractivity contribution in [3.8, 4) is 0 Å². The zero-order valence-corrected chi connectivity index (χ0v) is 10.8. The van der Waals surface area contributed by atoms with Gasteiger partial charge in [-0.25, -0.2) is 0 Å². The summed E-state index contributed by atoms with van der Waals surface area (Å²) in [6.45, 7) is 4.70. The Morgan fingerprint density at radius 3 is 2.71 bits per heavy atom. The van der Waals surface area contributed by atoms with Crippen molar-refractivity contribution in [2.24, 2.45) is 0 Å². The molecule has 0 radical (unpaired) electrons. The first kappa shape index (κ1) is 11.9. The maximum atomic E-state index is 6.14. The monoisotopic (exact) mass is 246 g/mol. The third-order valence-corrected chi connectivity index (χ3v) is 2.84. The molecule has 1 N–H and O–H groups in total. The Labute approximate surface area is 107 Å². The Morgan fingerprint density at radius 1 is 1.18 bits per heavy atom. The Balaban J connectivity index is 2.07. The molecular formula is C14H15ClN2. The van der Waals surface area contributed by atoms with Crippen LogP contribution >= 0.6 is 11.6 Å². The average Bonchev–Trinajstić information content (AvgIpc) is 2.28. The van der Waals surface area contributed by atoms with Crippen LogP contribution < -0.4 is 5.32 Å². The summed E-state index contributed by atoms with van der Waals surface area (Å²) in [4.78, 5) is 4.43. The van der Waals surface area contributed by atoms with Crippen molar-refractivity contribution < 1.29 is 0 Å². The van der Waals surface area contributed by atoms with Gasteiger partial charge < -0.3 is 5.32 Å². The first-order valence-electron chi connectivity index (χ1n) is 5.58. The first-order valence-corrected chi connectivity index (χ1v) is 5.95. The van der Waals surface area contributed by atoms with Crippen LogP contribution in [0.4, 0.5) is 5.69 Å². The average molecular weight is 247 g/mol. The maximum Gasteiger partial charge on any atom is 0.0640 e. The minimum absolute atomic E-state index is 0.685. The molecule has 2 nitrogen and oxygen atoms in total. The fourth-order valence-electron chi connectivity index (χ4n) is 1.65. The number of hydrogen-bond acceptors (Lipinski definition) is 2. The fraction of sp³-hybridized carbons (Fsp3) is 0.214. The molecular weight excluding hydrogens is 232 g/mol. The van der Waals surface area contributed by atoms with Gasteiger partial charge in [0.05, 0.1) is 22.9 Å². The molecule has 0 amide bonds. The molecule has 2 aromatic rings. The molecule has 0 bridgehead atoms. The topological polar surface area (TPSA) is 24.9 Å². The minimum atomic E-state index is 0.685. The predicted octanol–water partition coefficient (Wildman–Crippen LogP) is 3.96. The van der Waals surface area contributed by atoms with Gasteiger partial charge in [0.25, 0.3) is 0 Å². The molecule has 0 fully saturated rings. The van der Waals surface area contributed by atoms with Crippen LogP contribution in [0.25, 0.3) is 0 Å². The summed E-state index contributed by atoms with van der Waals surface area (Å²) in [5, 5.41) is 4.04. The van der Waals surface area contributed by atoms with E-state index < -0.39 is 0 Å². The van der Waals surface area contributed by atoms with E-state index in [1.165, 1.54) is 0 Å². The predicted molar refractivity (Wildman–Crippen MR) is 72.5 cm³/mol. The highest BCUT2D eigenvalue weighted by Gasteiger charge is 2.00. The number of anilines is 1. The van der Waals surface area contributed by atoms with Gasteiger partial charge in [-0.15, -0.1) is 0 Å². The molecule has 0 atom stereocenters. The van der Waals surface area contributed by atoms with Crippen molar-refractivity contribution in [3.05, 3.63) is 58.4 Å². The van der Waals surface area contributed by atoms with Crippen LogP contribution in [0.3, 0.4) is 0 Å². The van der Waals surface area contributed by atoms with Gasteiger partial charge >= 0.3 is 0 Å². The second-order valence-electron chi connectivity index (χ2n) is 4.11. The number of aromatic nitrogens is 1. The van der Waals surface area contributed by atoms with E-state index in [2.05, 4.69) is 10.3 Å². The van der Waals surface area contributed by atoms with Crippen molar-refractivity contribution in [2.75, 3.05) is 5.32 Å². The summed E-state index contributed by atoms with van der Waals surface area (Å²) in [5.74, 6) is 0. The summed E-state index contributed by atoms with van der Waals surface area (Å²) < 4.78 is 0. The van der Waals surface area contributed by atoms with Crippen LogP contribution in [0.5, 0.6) is 0 Å². The highest BCUT2D eigenvalue weighted by molar-refractivity contribution is 6.33. The molecule has 0 aliphatic heterocycles. The fourth-order valence-corrected chi connectivity index (χ4v) is 1.95. The van der Waals surface area contributed by atoms with Gasteiger partial charge in [0.1, 0.15) is 0 Å². The molecule has 88 valence electrons. The number of nitrogens with one attached hydrogen (secondary N) is 1. The third kappa shape index (κ3) is 3.21. The summed E-state index contributed by atoms with van der Waals surface area (Å²) in [6, 6.07) is 12.0. The number of benzene rings is 1. The molecule has 3 heteroatoms. The lowest BCUT2D eigenvalue weighted by molar-refractivity contribution is 1.02. The number of pyridine rings is 1. The van der Waals surface area contributed by atoms with E-state index in [-0.39, 0.29) is 0 Å². The molecule has 0 spiro atoms. The molecule has 0 aliphatic rings. The lowest BCUT2D eigenvalue weighted by atomic mass is 10.2. The van der Waals surface area contributed by atoms with Crippen LogP contribution in [0.15, 0.2) is 36.4 Å². The third-order valence-electron chi connectivity index (χ3n) is 2.53. The van der Waals surface area contributed by atoms with Gasteiger partial charge in [0.2, 0.25) is 0 Å². The van der Waals surface area contributed by atoms with Crippen molar-refractivity contribution in [1.82, 2.24) is 4.98 Å². The first-order chi connectivity index (χ1) is 8.15. The summed E-state index contributed by atoms with van der Waals surface area (Å²) in [6.07, 6.45) is 0. The Hall–Kier alpha value is -1.54. The van der Waals surface area contributed by atoms with E-state index >= 15 is 0 Å².